The van der Waals surface area contributed by atoms with E-state index < -0.39 is 0 Å². The average molecular weight is 164 g/mol. The lowest BCUT2D eigenvalue weighted by Crippen LogP contribution is -2.18. The highest BCUT2D eigenvalue weighted by Crippen LogP contribution is 2.28. The maximum absolute atomic E-state index is 10.9. The number of hydrogen-bond acceptors (Lipinski definition) is 1. The van der Waals surface area contributed by atoms with Crippen LogP contribution in [0.5, 0.6) is 0 Å². The molecule has 0 radical (unpaired) electrons. The third-order valence-corrected chi connectivity index (χ3v) is 2.31. The lowest BCUT2D eigenvalue weighted by atomic mass is 9.81. The third-order valence-electron chi connectivity index (χ3n) is 2.31. The van der Waals surface area contributed by atoms with Crippen molar-refractivity contribution in [2.75, 3.05) is 0 Å². The molecule has 12 heavy (non-hydrogen) atoms. The van der Waals surface area contributed by atoms with Crippen LogP contribution in [0.25, 0.3) is 0 Å². The molecule has 0 aromatic carbocycles. The van der Waals surface area contributed by atoms with Gasteiger partial charge in [-0.05, 0) is 12.8 Å². The highest BCUT2D eigenvalue weighted by Gasteiger charge is 2.23. The molecule has 0 atom stereocenters. The molecule has 1 heteroatoms. The molecule has 1 aliphatic rings. The highest BCUT2D eigenvalue weighted by atomic mass is 16.1. The van der Waals surface area contributed by atoms with E-state index >= 15 is 0 Å². The van der Waals surface area contributed by atoms with Gasteiger partial charge < -0.3 is 4.79 Å². The Balaban J connectivity index is 2.61. The summed E-state index contributed by atoms with van der Waals surface area (Å²) in [5.74, 6) is 0. The van der Waals surface area contributed by atoms with Crippen molar-refractivity contribution in [1.29, 1.82) is 0 Å². The molecule has 0 heterocycles. The monoisotopic (exact) mass is 164 g/mol. The molecule has 0 saturated heterocycles. The molecule has 0 amide bonds. The molecule has 0 aromatic rings. The summed E-state index contributed by atoms with van der Waals surface area (Å²) in [6.07, 6.45) is 13.5. The van der Waals surface area contributed by atoms with Crippen molar-refractivity contribution in [3.8, 4) is 0 Å². The molecular weight excluding hydrogens is 148 g/mol. The largest absolute Gasteiger partial charge is 0.302 e. The van der Waals surface area contributed by atoms with Gasteiger partial charge in [0.1, 0.15) is 6.29 Å². The summed E-state index contributed by atoms with van der Waals surface area (Å²) in [6, 6.07) is 0. The summed E-state index contributed by atoms with van der Waals surface area (Å²) < 4.78 is 0. The fourth-order valence-electron chi connectivity index (χ4n) is 1.50. The number of carbonyl (C=O) groups is 1. The van der Waals surface area contributed by atoms with Crippen LogP contribution in [0.15, 0.2) is 24.3 Å². The highest BCUT2D eigenvalue weighted by molar-refractivity contribution is 5.66. The lowest BCUT2D eigenvalue weighted by molar-refractivity contribution is -0.112. The zero-order chi connectivity index (χ0) is 8.86. The first-order valence-corrected chi connectivity index (χ1v) is 4.65. The van der Waals surface area contributed by atoms with Gasteiger partial charge in [0.25, 0.3) is 0 Å². The molecular formula is C11H16O. The molecule has 1 nitrogen and oxygen atoms in total. The predicted octanol–water partition coefficient (Wildman–Crippen LogP) is 2.88. The molecule has 0 bridgehead atoms. The van der Waals surface area contributed by atoms with Crippen LogP contribution in [-0.2, 0) is 4.79 Å². The fraction of sp³-hybridized carbons (Fsp3) is 0.545. The van der Waals surface area contributed by atoms with Crippen molar-refractivity contribution < 1.29 is 4.79 Å². The molecule has 1 rings (SSSR count). The Hall–Kier alpha value is -0.850. The Morgan fingerprint density at radius 3 is 2.58 bits per heavy atom. The Labute approximate surface area is 74.2 Å². The second-order valence-corrected chi connectivity index (χ2v) is 3.37. The summed E-state index contributed by atoms with van der Waals surface area (Å²) in [4.78, 5) is 10.9. The zero-order valence-electron chi connectivity index (χ0n) is 7.62. The smallest absolute Gasteiger partial charge is 0.133 e. The summed E-state index contributed by atoms with van der Waals surface area (Å²) in [5, 5.41) is 0. The van der Waals surface area contributed by atoms with Crippen LogP contribution in [-0.4, -0.2) is 6.29 Å². The summed E-state index contributed by atoms with van der Waals surface area (Å²) in [7, 11) is 0. The van der Waals surface area contributed by atoms with Gasteiger partial charge in [0.15, 0.2) is 0 Å². The van der Waals surface area contributed by atoms with Crippen LogP contribution in [0, 0.1) is 5.41 Å². The van der Waals surface area contributed by atoms with Gasteiger partial charge >= 0.3 is 0 Å². The maximum atomic E-state index is 10.9. The number of hydrogen-bond donors (Lipinski definition) is 0. The van der Waals surface area contributed by atoms with E-state index in [0.717, 1.165) is 32.0 Å². The first-order valence-electron chi connectivity index (χ1n) is 4.65. The van der Waals surface area contributed by atoms with Gasteiger partial charge in [-0.2, -0.15) is 0 Å². The fourth-order valence-corrected chi connectivity index (χ4v) is 1.50. The van der Waals surface area contributed by atoms with Crippen molar-refractivity contribution in [2.24, 2.45) is 5.41 Å². The Morgan fingerprint density at radius 2 is 2.08 bits per heavy atom. The standard InChI is InChI=1S/C11H16O/c1-2-3-7-11(10-12)8-5-4-6-9-11/h5-6,8-10H,2-4,7H2,1H3. The van der Waals surface area contributed by atoms with Gasteiger partial charge in [0, 0.05) is 0 Å². The third kappa shape index (κ3) is 2.07. The number of unbranched alkanes of at least 4 members (excludes halogenated alkanes) is 1. The van der Waals surface area contributed by atoms with E-state index in [1.54, 1.807) is 0 Å². The van der Waals surface area contributed by atoms with E-state index in [-0.39, 0.29) is 5.41 Å². The van der Waals surface area contributed by atoms with E-state index in [2.05, 4.69) is 19.1 Å². The van der Waals surface area contributed by atoms with Crippen LogP contribution >= 0.6 is 0 Å². The van der Waals surface area contributed by atoms with Crippen molar-refractivity contribution >= 4 is 6.29 Å². The van der Waals surface area contributed by atoms with Gasteiger partial charge in [-0.3, -0.25) is 0 Å². The Kier molecular flexibility index (Phi) is 3.27. The van der Waals surface area contributed by atoms with E-state index in [9.17, 15) is 4.79 Å². The summed E-state index contributed by atoms with van der Waals surface area (Å²) in [5.41, 5.74) is -0.270. The lowest BCUT2D eigenvalue weighted by Gasteiger charge is -2.21. The molecule has 0 spiro atoms. The molecule has 0 N–H and O–H groups in total. The van der Waals surface area contributed by atoms with E-state index in [1.807, 2.05) is 12.2 Å². The first-order chi connectivity index (χ1) is 5.83. The van der Waals surface area contributed by atoms with Gasteiger partial charge in [-0.25, -0.2) is 0 Å². The summed E-state index contributed by atoms with van der Waals surface area (Å²) in [6.45, 7) is 2.15. The van der Waals surface area contributed by atoms with Crippen LogP contribution in [0.2, 0.25) is 0 Å². The van der Waals surface area contributed by atoms with Crippen LogP contribution in [0.1, 0.15) is 32.6 Å². The minimum atomic E-state index is -0.270. The normalized spacial score (nSPS) is 19.4. The Morgan fingerprint density at radius 1 is 1.42 bits per heavy atom. The summed E-state index contributed by atoms with van der Waals surface area (Å²) >= 11 is 0. The molecule has 1 aliphatic carbocycles. The van der Waals surface area contributed by atoms with E-state index in [0.29, 0.717) is 0 Å². The number of rotatable bonds is 4. The van der Waals surface area contributed by atoms with Crippen LogP contribution < -0.4 is 0 Å². The van der Waals surface area contributed by atoms with Gasteiger partial charge in [-0.15, -0.1) is 0 Å². The molecule has 66 valence electrons. The number of carbonyl (C=O) groups excluding carboxylic acids is 1. The Bertz CT molecular complexity index is 189. The van der Waals surface area contributed by atoms with Gasteiger partial charge in [0.2, 0.25) is 0 Å². The van der Waals surface area contributed by atoms with E-state index in [4.69, 9.17) is 0 Å². The second kappa shape index (κ2) is 4.24. The zero-order valence-corrected chi connectivity index (χ0v) is 7.62. The maximum Gasteiger partial charge on any atom is 0.133 e. The van der Waals surface area contributed by atoms with Crippen molar-refractivity contribution in [1.82, 2.24) is 0 Å². The SMILES string of the molecule is CCCCC1(C=O)C=CCC=C1. The average Bonchev–Trinajstić information content (AvgIpc) is 2.16. The van der Waals surface area contributed by atoms with E-state index in [1.165, 1.54) is 0 Å². The molecule has 0 fully saturated rings. The van der Waals surface area contributed by atoms with Gasteiger partial charge in [0.05, 0.1) is 5.41 Å². The minimum absolute atomic E-state index is 0.270. The molecule has 0 aromatic heterocycles. The van der Waals surface area contributed by atoms with Crippen LogP contribution in [0.3, 0.4) is 0 Å². The van der Waals surface area contributed by atoms with Crippen LogP contribution in [0.4, 0.5) is 0 Å². The van der Waals surface area contributed by atoms with Crippen molar-refractivity contribution in [3.05, 3.63) is 24.3 Å². The quantitative estimate of drug-likeness (QED) is 0.461. The van der Waals surface area contributed by atoms with Gasteiger partial charge in [-0.1, -0.05) is 44.1 Å². The number of allylic oxidation sites excluding steroid dienone is 4. The first kappa shape index (κ1) is 9.24. The molecule has 0 saturated carbocycles. The topological polar surface area (TPSA) is 17.1 Å². The number of aldehydes is 1. The molecule has 0 unspecified atom stereocenters. The van der Waals surface area contributed by atoms with Crippen molar-refractivity contribution in [2.45, 2.75) is 32.6 Å². The van der Waals surface area contributed by atoms with Crippen molar-refractivity contribution in [3.63, 3.8) is 0 Å². The molecule has 0 aliphatic heterocycles. The predicted molar refractivity (Wildman–Crippen MR) is 50.9 cm³/mol. The minimum Gasteiger partial charge on any atom is -0.302 e. The second-order valence-electron chi connectivity index (χ2n) is 3.37.